The fraction of sp³-hybridized carbons (Fsp3) is 0.600. The summed E-state index contributed by atoms with van der Waals surface area (Å²) in [4.78, 5) is 0.404. The van der Waals surface area contributed by atoms with E-state index < -0.39 is 10.0 Å². The monoisotopic (exact) mass is 296 g/mol. The van der Waals surface area contributed by atoms with Crippen molar-refractivity contribution in [2.75, 3.05) is 6.54 Å². The summed E-state index contributed by atoms with van der Waals surface area (Å²) in [6.07, 6.45) is 1.86. The van der Waals surface area contributed by atoms with Gasteiger partial charge in [-0.05, 0) is 49.8 Å². The van der Waals surface area contributed by atoms with Crippen molar-refractivity contribution in [3.8, 4) is 0 Å². The molecule has 1 aliphatic rings. The van der Waals surface area contributed by atoms with Crippen molar-refractivity contribution in [3.63, 3.8) is 0 Å². The molecule has 1 aromatic carbocycles. The first-order valence-corrected chi connectivity index (χ1v) is 8.61. The largest absolute Gasteiger partial charge is 0.326 e. The van der Waals surface area contributed by atoms with E-state index in [0.29, 0.717) is 23.9 Å². The number of piperidine rings is 1. The summed E-state index contributed by atoms with van der Waals surface area (Å²) in [6, 6.07) is 5.50. The number of nitrogens with zero attached hydrogens (tertiary/aromatic N) is 1. The third-order valence-corrected chi connectivity index (χ3v) is 6.31. The lowest BCUT2D eigenvalue weighted by molar-refractivity contribution is 0.220. The molecule has 0 bridgehead atoms. The van der Waals surface area contributed by atoms with E-state index in [-0.39, 0.29) is 6.04 Å². The summed E-state index contributed by atoms with van der Waals surface area (Å²) in [5.41, 5.74) is 7.27. The van der Waals surface area contributed by atoms with E-state index >= 15 is 0 Å². The Morgan fingerprint density at radius 3 is 2.65 bits per heavy atom. The molecule has 0 aliphatic carbocycles. The molecular weight excluding hydrogens is 272 g/mol. The molecule has 112 valence electrons. The second-order valence-electron chi connectivity index (χ2n) is 5.90. The number of nitrogens with two attached hydrogens (primary N) is 1. The molecule has 1 fully saturated rings. The quantitative estimate of drug-likeness (QED) is 0.930. The van der Waals surface area contributed by atoms with E-state index in [1.165, 1.54) is 0 Å². The molecule has 20 heavy (non-hydrogen) atoms. The van der Waals surface area contributed by atoms with E-state index in [1.54, 1.807) is 10.4 Å². The molecule has 4 nitrogen and oxygen atoms in total. The number of aryl methyl sites for hydroxylation is 1. The number of sulfonamides is 1. The van der Waals surface area contributed by atoms with Gasteiger partial charge >= 0.3 is 0 Å². The van der Waals surface area contributed by atoms with Crippen molar-refractivity contribution in [1.29, 1.82) is 0 Å². The first-order valence-electron chi connectivity index (χ1n) is 7.17. The van der Waals surface area contributed by atoms with E-state index in [2.05, 4.69) is 6.92 Å². The second kappa shape index (κ2) is 5.84. The SMILES string of the molecule is Cc1ccc(CN)cc1S(=O)(=O)N1CCC(C)CC1C. The molecule has 0 saturated carbocycles. The first kappa shape index (κ1) is 15.5. The zero-order chi connectivity index (χ0) is 14.9. The van der Waals surface area contributed by atoms with Gasteiger partial charge in [-0.15, -0.1) is 0 Å². The Morgan fingerprint density at radius 2 is 2.05 bits per heavy atom. The van der Waals surface area contributed by atoms with Crippen LogP contribution in [-0.2, 0) is 16.6 Å². The maximum atomic E-state index is 12.9. The summed E-state index contributed by atoms with van der Waals surface area (Å²) < 4.78 is 27.4. The van der Waals surface area contributed by atoms with Crippen molar-refractivity contribution in [1.82, 2.24) is 4.31 Å². The Labute approximate surface area is 122 Å². The van der Waals surface area contributed by atoms with Gasteiger partial charge in [-0.1, -0.05) is 19.1 Å². The topological polar surface area (TPSA) is 63.4 Å². The number of hydrogen-bond donors (Lipinski definition) is 1. The summed E-state index contributed by atoms with van der Waals surface area (Å²) in [5.74, 6) is 0.591. The maximum Gasteiger partial charge on any atom is 0.243 e. The van der Waals surface area contributed by atoms with Crippen LogP contribution in [0.15, 0.2) is 23.1 Å². The summed E-state index contributed by atoms with van der Waals surface area (Å²) in [6.45, 7) is 6.98. The molecule has 1 aromatic rings. The molecule has 0 spiro atoms. The van der Waals surface area contributed by atoms with Gasteiger partial charge in [0, 0.05) is 19.1 Å². The minimum atomic E-state index is -3.42. The molecule has 0 amide bonds. The van der Waals surface area contributed by atoms with Crippen LogP contribution >= 0.6 is 0 Å². The van der Waals surface area contributed by atoms with Crippen molar-refractivity contribution < 1.29 is 8.42 Å². The average molecular weight is 296 g/mol. The molecule has 2 rings (SSSR count). The van der Waals surface area contributed by atoms with Crippen LogP contribution in [-0.4, -0.2) is 25.3 Å². The minimum Gasteiger partial charge on any atom is -0.326 e. The van der Waals surface area contributed by atoms with Gasteiger partial charge < -0.3 is 5.73 Å². The van der Waals surface area contributed by atoms with Gasteiger partial charge in [-0.25, -0.2) is 8.42 Å². The Balaban J connectivity index is 2.40. The minimum absolute atomic E-state index is 0.0599. The second-order valence-corrected chi connectivity index (χ2v) is 7.76. The standard InChI is InChI=1S/C15H24N2O2S/c1-11-6-7-17(13(3)8-11)20(18,19)15-9-14(10-16)5-4-12(15)2/h4-5,9,11,13H,6-8,10,16H2,1-3H3. The summed E-state index contributed by atoms with van der Waals surface area (Å²) in [7, 11) is -3.42. The Kier molecular flexibility index (Phi) is 4.52. The van der Waals surface area contributed by atoms with Crippen LogP contribution < -0.4 is 5.73 Å². The number of hydrogen-bond acceptors (Lipinski definition) is 3. The van der Waals surface area contributed by atoms with Crippen LogP contribution in [0, 0.1) is 12.8 Å². The van der Waals surface area contributed by atoms with Crippen molar-refractivity contribution in [2.45, 2.75) is 51.1 Å². The van der Waals surface area contributed by atoms with Gasteiger partial charge in [-0.3, -0.25) is 0 Å². The smallest absolute Gasteiger partial charge is 0.243 e. The van der Waals surface area contributed by atoms with Crippen LogP contribution in [0.3, 0.4) is 0 Å². The zero-order valence-corrected chi connectivity index (χ0v) is 13.3. The molecule has 0 aromatic heterocycles. The van der Waals surface area contributed by atoms with Gasteiger partial charge in [0.2, 0.25) is 10.0 Å². The van der Waals surface area contributed by atoms with Gasteiger partial charge in [0.15, 0.2) is 0 Å². The van der Waals surface area contributed by atoms with E-state index in [1.807, 2.05) is 26.0 Å². The molecule has 1 saturated heterocycles. The lowest BCUT2D eigenvalue weighted by Gasteiger charge is -2.35. The van der Waals surface area contributed by atoms with Crippen molar-refractivity contribution in [2.24, 2.45) is 11.7 Å². The van der Waals surface area contributed by atoms with Gasteiger partial charge in [0.25, 0.3) is 0 Å². The van der Waals surface area contributed by atoms with E-state index in [0.717, 1.165) is 24.0 Å². The summed E-state index contributed by atoms with van der Waals surface area (Å²) in [5, 5.41) is 0. The van der Waals surface area contributed by atoms with Crippen LogP contribution in [0.4, 0.5) is 0 Å². The van der Waals surface area contributed by atoms with Crippen LogP contribution in [0.25, 0.3) is 0 Å². The van der Waals surface area contributed by atoms with Gasteiger partial charge in [0.1, 0.15) is 0 Å². The van der Waals surface area contributed by atoms with Crippen LogP contribution in [0.2, 0.25) is 0 Å². The highest BCUT2D eigenvalue weighted by Crippen LogP contribution is 2.29. The lowest BCUT2D eigenvalue weighted by Crippen LogP contribution is -2.44. The first-order chi connectivity index (χ1) is 9.36. The molecule has 2 atom stereocenters. The molecule has 2 unspecified atom stereocenters. The summed E-state index contributed by atoms with van der Waals surface area (Å²) >= 11 is 0. The third kappa shape index (κ3) is 2.90. The van der Waals surface area contributed by atoms with Gasteiger partial charge in [-0.2, -0.15) is 4.31 Å². The molecule has 2 N–H and O–H groups in total. The normalized spacial score (nSPS) is 24.8. The van der Waals surface area contributed by atoms with Gasteiger partial charge in [0.05, 0.1) is 4.90 Å². The third-order valence-electron chi connectivity index (χ3n) is 4.15. The average Bonchev–Trinajstić information content (AvgIpc) is 2.38. The fourth-order valence-electron chi connectivity index (χ4n) is 2.92. The Bertz CT molecular complexity index is 584. The van der Waals surface area contributed by atoms with Crippen molar-refractivity contribution >= 4 is 10.0 Å². The maximum absolute atomic E-state index is 12.9. The molecule has 1 aliphatic heterocycles. The fourth-order valence-corrected chi connectivity index (χ4v) is 4.85. The highest BCUT2D eigenvalue weighted by atomic mass is 32.2. The number of benzene rings is 1. The van der Waals surface area contributed by atoms with Crippen LogP contribution in [0.5, 0.6) is 0 Å². The molecule has 0 radical (unpaired) electrons. The highest BCUT2D eigenvalue weighted by molar-refractivity contribution is 7.89. The number of rotatable bonds is 3. The Morgan fingerprint density at radius 1 is 1.35 bits per heavy atom. The Hall–Kier alpha value is -0.910. The van der Waals surface area contributed by atoms with E-state index in [9.17, 15) is 8.42 Å². The predicted octanol–water partition coefficient (Wildman–Crippen LogP) is 2.26. The molecule has 1 heterocycles. The van der Waals surface area contributed by atoms with Crippen molar-refractivity contribution in [3.05, 3.63) is 29.3 Å². The van der Waals surface area contributed by atoms with Crippen LogP contribution in [0.1, 0.15) is 37.8 Å². The molecule has 5 heteroatoms. The molecular formula is C15H24N2O2S. The lowest BCUT2D eigenvalue weighted by atomic mass is 9.95. The highest BCUT2D eigenvalue weighted by Gasteiger charge is 2.34. The van der Waals surface area contributed by atoms with E-state index in [4.69, 9.17) is 5.73 Å². The predicted molar refractivity (Wildman–Crippen MR) is 80.8 cm³/mol. The zero-order valence-electron chi connectivity index (χ0n) is 12.5.